The third-order valence-electron chi connectivity index (χ3n) is 4.28. The van der Waals surface area contributed by atoms with E-state index >= 15 is 0 Å². The van der Waals surface area contributed by atoms with Crippen molar-refractivity contribution in [3.63, 3.8) is 0 Å². The van der Waals surface area contributed by atoms with E-state index in [0.29, 0.717) is 19.4 Å². The number of ether oxygens (including phenoxy) is 1. The van der Waals surface area contributed by atoms with Crippen molar-refractivity contribution in [2.75, 3.05) is 13.7 Å². The first-order chi connectivity index (χ1) is 9.31. The van der Waals surface area contributed by atoms with Gasteiger partial charge in [-0.05, 0) is 26.7 Å². The van der Waals surface area contributed by atoms with E-state index in [1.807, 2.05) is 13.8 Å². The zero-order valence-electron chi connectivity index (χ0n) is 12.8. The van der Waals surface area contributed by atoms with Gasteiger partial charge in [0.2, 0.25) is 5.91 Å². The molecule has 0 aromatic heterocycles. The topological polar surface area (TPSA) is 75.6 Å². The van der Waals surface area contributed by atoms with Gasteiger partial charge in [0.15, 0.2) is 0 Å². The van der Waals surface area contributed by atoms with Gasteiger partial charge >= 0.3 is 5.97 Å². The molecule has 5 heteroatoms. The number of hydrogen-bond acceptors (Lipinski definition) is 3. The van der Waals surface area contributed by atoms with Crippen LogP contribution in [-0.4, -0.2) is 36.2 Å². The van der Waals surface area contributed by atoms with Crippen molar-refractivity contribution < 1.29 is 19.4 Å². The average molecular weight is 285 g/mol. The summed E-state index contributed by atoms with van der Waals surface area (Å²) in [6, 6.07) is 0. The number of carbonyl (C=O) groups is 2. The van der Waals surface area contributed by atoms with Gasteiger partial charge in [-0.15, -0.1) is 0 Å². The lowest BCUT2D eigenvalue weighted by molar-refractivity contribution is -0.153. The summed E-state index contributed by atoms with van der Waals surface area (Å²) in [5.74, 6) is -1.03. The Morgan fingerprint density at radius 2 is 1.75 bits per heavy atom. The number of aliphatic carboxylic acids is 1. The molecule has 0 aliphatic heterocycles. The Balaban J connectivity index is 2.61. The molecule has 0 bridgehead atoms. The third kappa shape index (κ3) is 4.78. The maximum absolute atomic E-state index is 12.1. The molecular weight excluding hydrogens is 258 g/mol. The SMILES string of the molecule is COC(C)(C)CNC(=O)CC1(C(=O)O)CCCCCC1. The summed E-state index contributed by atoms with van der Waals surface area (Å²) in [4.78, 5) is 23.7. The second-order valence-electron chi connectivity index (χ2n) is 6.42. The summed E-state index contributed by atoms with van der Waals surface area (Å²) < 4.78 is 5.24. The molecule has 0 unspecified atom stereocenters. The summed E-state index contributed by atoms with van der Waals surface area (Å²) in [5.41, 5.74) is -1.31. The lowest BCUT2D eigenvalue weighted by Crippen LogP contribution is -2.43. The average Bonchev–Trinajstić information content (AvgIpc) is 2.63. The summed E-state index contributed by atoms with van der Waals surface area (Å²) >= 11 is 0. The van der Waals surface area contributed by atoms with Crippen molar-refractivity contribution in [1.29, 1.82) is 0 Å². The molecular formula is C15H27NO4. The second kappa shape index (κ2) is 7.07. The first-order valence-corrected chi connectivity index (χ1v) is 7.37. The lowest BCUT2D eigenvalue weighted by Gasteiger charge is -2.28. The van der Waals surface area contributed by atoms with Gasteiger partial charge in [-0.3, -0.25) is 9.59 Å². The molecule has 1 aliphatic rings. The molecule has 116 valence electrons. The molecule has 20 heavy (non-hydrogen) atoms. The first kappa shape index (κ1) is 17.0. The Labute approximate surface area is 121 Å². The number of nitrogens with one attached hydrogen (secondary N) is 1. The highest BCUT2D eigenvalue weighted by molar-refractivity contribution is 5.85. The largest absolute Gasteiger partial charge is 0.481 e. The Hall–Kier alpha value is -1.10. The van der Waals surface area contributed by atoms with Gasteiger partial charge in [0, 0.05) is 20.1 Å². The Morgan fingerprint density at radius 1 is 1.20 bits per heavy atom. The zero-order chi connectivity index (χ0) is 15.2. The molecule has 0 spiro atoms. The number of carboxylic acids is 1. The van der Waals surface area contributed by atoms with E-state index in [0.717, 1.165) is 25.7 Å². The van der Waals surface area contributed by atoms with E-state index in [1.165, 1.54) is 0 Å². The minimum absolute atomic E-state index is 0.0716. The maximum atomic E-state index is 12.1. The monoisotopic (exact) mass is 285 g/mol. The Bertz CT molecular complexity index is 344. The fourth-order valence-electron chi connectivity index (χ4n) is 2.63. The van der Waals surface area contributed by atoms with Gasteiger partial charge in [0.25, 0.3) is 0 Å². The van der Waals surface area contributed by atoms with E-state index in [-0.39, 0.29) is 12.3 Å². The third-order valence-corrected chi connectivity index (χ3v) is 4.28. The number of hydrogen-bond donors (Lipinski definition) is 2. The molecule has 1 rings (SSSR count). The van der Waals surface area contributed by atoms with Crippen LogP contribution in [0.15, 0.2) is 0 Å². The van der Waals surface area contributed by atoms with Crippen molar-refractivity contribution in [1.82, 2.24) is 5.32 Å². The Kier molecular flexibility index (Phi) is 5.99. The van der Waals surface area contributed by atoms with Crippen LogP contribution in [0.5, 0.6) is 0 Å². The van der Waals surface area contributed by atoms with Gasteiger partial charge < -0.3 is 15.2 Å². The van der Waals surface area contributed by atoms with E-state index in [4.69, 9.17) is 4.74 Å². The van der Waals surface area contributed by atoms with Crippen LogP contribution in [0, 0.1) is 5.41 Å². The van der Waals surface area contributed by atoms with E-state index in [9.17, 15) is 14.7 Å². The van der Waals surface area contributed by atoms with Gasteiger partial charge in [0.05, 0.1) is 11.0 Å². The highest BCUT2D eigenvalue weighted by Gasteiger charge is 2.40. The van der Waals surface area contributed by atoms with Crippen LogP contribution < -0.4 is 5.32 Å². The lowest BCUT2D eigenvalue weighted by atomic mass is 9.77. The minimum atomic E-state index is -0.877. The minimum Gasteiger partial charge on any atom is -0.481 e. The molecule has 0 aromatic carbocycles. The molecule has 0 aromatic rings. The van der Waals surface area contributed by atoms with Gasteiger partial charge in [0.1, 0.15) is 0 Å². The molecule has 5 nitrogen and oxygen atoms in total. The zero-order valence-corrected chi connectivity index (χ0v) is 12.8. The fraction of sp³-hybridized carbons (Fsp3) is 0.867. The van der Waals surface area contributed by atoms with Crippen molar-refractivity contribution in [2.24, 2.45) is 5.41 Å². The normalized spacial score (nSPS) is 19.1. The maximum Gasteiger partial charge on any atom is 0.310 e. The van der Waals surface area contributed by atoms with Crippen molar-refractivity contribution in [3.8, 4) is 0 Å². The predicted molar refractivity (Wildman–Crippen MR) is 76.5 cm³/mol. The van der Waals surface area contributed by atoms with E-state index in [2.05, 4.69) is 5.32 Å². The Morgan fingerprint density at radius 3 is 2.20 bits per heavy atom. The van der Waals surface area contributed by atoms with Crippen LogP contribution in [0.3, 0.4) is 0 Å². The smallest absolute Gasteiger partial charge is 0.310 e. The van der Waals surface area contributed by atoms with Crippen LogP contribution in [0.1, 0.15) is 58.8 Å². The summed E-state index contributed by atoms with van der Waals surface area (Å²) in [5, 5.41) is 12.3. The molecule has 1 amide bonds. The van der Waals surface area contributed by atoms with Crippen LogP contribution >= 0.6 is 0 Å². The van der Waals surface area contributed by atoms with Gasteiger partial charge in [-0.25, -0.2) is 0 Å². The summed E-state index contributed by atoms with van der Waals surface area (Å²) in [7, 11) is 1.59. The van der Waals surface area contributed by atoms with Crippen LogP contribution in [0.4, 0.5) is 0 Å². The molecule has 0 saturated heterocycles. The van der Waals surface area contributed by atoms with E-state index in [1.54, 1.807) is 7.11 Å². The summed E-state index contributed by atoms with van der Waals surface area (Å²) in [6.07, 6.45) is 5.18. The first-order valence-electron chi connectivity index (χ1n) is 7.37. The quantitative estimate of drug-likeness (QED) is 0.734. The number of rotatable bonds is 6. The second-order valence-corrected chi connectivity index (χ2v) is 6.42. The predicted octanol–water partition coefficient (Wildman–Crippen LogP) is 2.34. The number of amides is 1. The van der Waals surface area contributed by atoms with Crippen molar-refractivity contribution >= 4 is 11.9 Å². The van der Waals surface area contributed by atoms with Crippen LogP contribution in [0.25, 0.3) is 0 Å². The number of methoxy groups -OCH3 is 1. The molecule has 1 aliphatic carbocycles. The van der Waals surface area contributed by atoms with Crippen LogP contribution in [-0.2, 0) is 14.3 Å². The fourth-order valence-corrected chi connectivity index (χ4v) is 2.63. The number of carbonyl (C=O) groups excluding carboxylic acids is 1. The molecule has 1 saturated carbocycles. The van der Waals surface area contributed by atoms with Crippen molar-refractivity contribution in [3.05, 3.63) is 0 Å². The molecule has 0 atom stereocenters. The molecule has 0 heterocycles. The molecule has 1 fully saturated rings. The van der Waals surface area contributed by atoms with Gasteiger partial charge in [-0.2, -0.15) is 0 Å². The van der Waals surface area contributed by atoms with Crippen molar-refractivity contribution in [2.45, 2.75) is 64.4 Å². The van der Waals surface area contributed by atoms with Crippen LogP contribution in [0.2, 0.25) is 0 Å². The molecule has 0 radical (unpaired) electrons. The standard InChI is InChI=1S/C15H27NO4/c1-14(2,20-3)11-16-12(17)10-15(13(18)19)8-6-4-5-7-9-15/h4-11H2,1-3H3,(H,16,17)(H,18,19). The van der Waals surface area contributed by atoms with E-state index < -0.39 is 17.0 Å². The van der Waals surface area contributed by atoms with Gasteiger partial charge in [-0.1, -0.05) is 25.7 Å². The number of carboxylic acid groups (broad SMARTS) is 1. The highest BCUT2D eigenvalue weighted by Crippen LogP contribution is 2.38. The summed E-state index contributed by atoms with van der Waals surface area (Å²) in [6.45, 7) is 4.15. The highest BCUT2D eigenvalue weighted by atomic mass is 16.5. The molecule has 2 N–H and O–H groups in total.